The zero-order valence-electron chi connectivity index (χ0n) is 9.03. The summed E-state index contributed by atoms with van der Waals surface area (Å²) in [6, 6.07) is 4.63. The smallest absolute Gasteiger partial charge is 0.137 e. The van der Waals surface area contributed by atoms with E-state index in [1.807, 2.05) is 6.92 Å². The largest absolute Gasteiger partial charge is 0.458 e. The van der Waals surface area contributed by atoms with E-state index < -0.39 is 6.10 Å². The first-order valence-electron chi connectivity index (χ1n) is 5.53. The molecule has 0 amide bonds. The molecule has 0 aliphatic heterocycles. The Hall–Kier alpha value is -1.35. The van der Waals surface area contributed by atoms with Crippen molar-refractivity contribution >= 4 is 11.0 Å². The van der Waals surface area contributed by atoms with Crippen LogP contribution in [-0.4, -0.2) is 5.11 Å². The van der Waals surface area contributed by atoms with E-state index in [0.717, 1.165) is 23.8 Å². The van der Waals surface area contributed by atoms with E-state index in [2.05, 4.69) is 0 Å². The Kier molecular flexibility index (Phi) is 2.04. The van der Waals surface area contributed by atoms with Crippen molar-refractivity contribution in [2.24, 2.45) is 5.92 Å². The van der Waals surface area contributed by atoms with Crippen molar-refractivity contribution in [1.29, 1.82) is 0 Å². The summed E-state index contributed by atoms with van der Waals surface area (Å²) in [5.74, 6) is 0.621. The highest BCUT2D eigenvalue weighted by Gasteiger charge is 2.33. The van der Waals surface area contributed by atoms with Crippen molar-refractivity contribution < 1.29 is 13.9 Å². The predicted molar refractivity (Wildman–Crippen MR) is 58.6 cm³/mol. The lowest BCUT2D eigenvalue weighted by Gasteiger charge is -2.03. The summed E-state index contributed by atoms with van der Waals surface area (Å²) in [6.07, 6.45) is 1.56. The number of aryl methyl sites for hydroxylation is 1. The highest BCUT2D eigenvalue weighted by atomic mass is 19.1. The van der Waals surface area contributed by atoms with Crippen molar-refractivity contribution in [3.8, 4) is 0 Å². The van der Waals surface area contributed by atoms with Gasteiger partial charge in [0.2, 0.25) is 0 Å². The van der Waals surface area contributed by atoms with Gasteiger partial charge < -0.3 is 9.52 Å². The van der Waals surface area contributed by atoms with Gasteiger partial charge >= 0.3 is 0 Å². The van der Waals surface area contributed by atoms with Crippen molar-refractivity contribution in [3.63, 3.8) is 0 Å². The molecule has 3 heteroatoms. The van der Waals surface area contributed by atoms with Crippen LogP contribution in [0.15, 0.2) is 22.6 Å². The molecule has 2 aromatic rings. The Balaban J connectivity index is 2.11. The maximum absolute atomic E-state index is 13.2. The first-order chi connectivity index (χ1) is 7.65. The Morgan fingerprint density at radius 1 is 1.38 bits per heavy atom. The molecular weight excluding hydrogens is 207 g/mol. The van der Waals surface area contributed by atoms with Crippen LogP contribution in [0.1, 0.15) is 30.3 Å². The van der Waals surface area contributed by atoms with Crippen LogP contribution in [0.2, 0.25) is 0 Å². The number of fused-ring (bicyclic) bond motifs is 1. The molecule has 0 bridgehead atoms. The number of halogens is 1. The van der Waals surface area contributed by atoms with E-state index in [-0.39, 0.29) is 5.82 Å². The Labute approximate surface area is 92.7 Å². The molecular formula is C13H13FO2. The van der Waals surface area contributed by atoms with Crippen LogP contribution in [0.4, 0.5) is 4.39 Å². The lowest BCUT2D eigenvalue weighted by molar-refractivity contribution is 0.129. The second kappa shape index (κ2) is 3.32. The first kappa shape index (κ1) is 9.85. The third kappa shape index (κ3) is 1.52. The van der Waals surface area contributed by atoms with E-state index in [1.54, 1.807) is 6.07 Å². The average Bonchev–Trinajstić information content (AvgIpc) is 2.97. The second-order valence-corrected chi connectivity index (χ2v) is 4.57. The fourth-order valence-electron chi connectivity index (χ4n) is 2.09. The van der Waals surface area contributed by atoms with Gasteiger partial charge in [0, 0.05) is 5.39 Å². The molecule has 84 valence electrons. The lowest BCUT2D eigenvalue weighted by atomic mass is 10.1. The van der Waals surface area contributed by atoms with Crippen LogP contribution in [-0.2, 0) is 0 Å². The fourth-order valence-corrected chi connectivity index (χ4v) is 2.09. The second-order valence-electron chi connectivity index (χ2n) is 4.57. The molecule has 1 aliphatic rings. The van der Waals surface area contributed by atoms with Gasteiger partial charge in [-0.2, -0.15) is 0 Å². The van der Waals surface area contributed by atoms with Gasteiger partial charge in [0.05, 0.1) is 0 Å². The predicted octanol–water partition coefficient (Wildman–Crippen LogP) is 3.32. The number of rotatable bonds is 2. The van der Waals surface area contributed by atoms with Gasteiger partial charge in [-0.15, -0.1) is 0 Å². The SMILES string of the molecule is Cc1cc(F)cc2cc(C(O)C3CC3)oc12. The maximum atomic E-state index is 13.2. The molecule has 2 nitrogen and oxygen atoms in total. The van der Waals surface area contributed by atoms with Gasteiger partial charge in [0.1, 0.15) is 23.3 Å². The Bertz CT molecular complexity index is 540. The van der Waals surface area contributed by atoms with Crippen LogP contribution in [0.5, 0.6) is 0 Å². The minimum atomic E-state index is -0.533. The van der Waals surface area contributed by atoms with Crippen LogP contribution in [0, 0.1) is 18.7 Å². The molecule has 1 N–H and O–H groups in total. The average molecular weight is 220 g/mol. The summed E-state index contributed by atoms with van der Waals surface area (Å²) in [5, 5.41) is 10.7. The monoisotopic (exact) mass is 220 g/mol. The van der Waals surface area contributed by atoms with Crippen LogP contribution in [0.25, 0.3) is 11.0 Å². The number of aliphatic hydroxyl groups is 1. The van der Waals surface area contributed by atoms with Crippen LogP contribution < -0.4 is 0 Å². The lowest BCUT2D eigenvalue weighted by Crippen LogP contribution is -1.96. The van der Waals surface area contributed by atoms with E-state index in [1.165, 1.54) is 12.1 Å². The molecule has 0 saturated heterocycles. The minimum absolute atomic E-state index is 0.265. The molecule has 1 fully saturated rings. The zero-order chi connectivity index (χ0) is 11.3. The van der Waals surface area contributed by atoms with E-state index in [9.17, 15) is 9.50 Å². The molecule has 16 heavy (non-hydrogen) atoms. The van der Waals surface area contributed by atoms with Crippen molar-refractivity contribution in [2.45, 2.75) is 25.9 Å². The molecule has 0 radical (unpaired) electrons. The molecule has 1 aromatic heterocycles. The van der Waals surface area contributed by atoms with Gasteiger partial charge in [-0.05, 0) is 49.4 Å². The normalized spacial score (nSPS) is 17.9. The van der Waals surface area contributed by atoms with Crippen molar-refractivity contribution in [2.75, 3.05) is 0 Å². The topological polar surface area (TPSA) is 33.4 Å². The zero-order valence-corrected chi connectivity index (χ0v) is 9.03. The highest BCUT2D eigenvalue weighted by molar-refractivity contribution is 5.81. The van der Waals surface area contributed by atoms with Crippen LogP contribution >= 0.6 is 0 Å². The molecule has 3 rings (SSSR count). The number of aliphatic hydroxyl groups excluding tert-OH is 1. The van der Waals surface area contributed by atoms with Gasteiger partial charge in [0.25, 0.3) is 0 Å². The number of hydrogen-bond donors (Lipinski definition) is 1. The molecule has 1 unspecified atom stereocenters. The molecule has 1 aromatic carbocycles. The summed E-state index contributed by atoms with van der Waals surface area (Å²) in [6.45, 7) is 1.81. The Morgan fingerprint density at radius 3 is 2.81 bits per heavy atom. The summed E-state index contributed by atoms with van der Waals surface area (Å²) in [7, 11) is 0. The number of furan rings is 1. The summed E-state index contributed by atoms with van der Waals surface area (Å²) in [4.78, 5) is 0. The van der Waals surface area contributed by atoms with Crippen molar-refractivity contribution in [3.05, 3.63) is 35.3 Å². The highest BCUT2D eigenvalue weighted by Crippen LogP contribution is 2.42. The number of hydrogen-bond acceptors (Lipinski definition) is 2. The fraction of sp³-hybridized carbons (Fsp3) is 0.385. The first-order valence-corrected chi connectivity index (χ1v) is 5.53. The molecule has 1 atom stereocenters. The van der Waals surface area contributed by atoms with Gasteiger partial charge in [-0.3, -0.25) is 0 Å². The standard InChI is InChI=1S/C13H13FO2/c1-7-4-10(14)5-9-6-11(16-13(7)9)12(15)8-2-3-8/h4-6,8,12,15H,2-3H2,1H3. The Morgan fingerprint density at radius 2 is 2.12 bits per heavy atom. The summed E-state index contributed by atoms with van der Waals surface area (Å²) >= 11 is 0. The maximum Gasteiger partial charge on any atom is 0.137 e. The third-order valence-electron chi connectivity index (χ3n) is 3.15. The summed E-state index contributed by atoms with van der Waals surface area (Å²) in [5.41, 5.74) is 1.44. The van der Waals surface area contributed by atoms with E-state index in [0.29, 0.717) is 17.3 Å². The van der Waals surface area contributed by atoms with Gasteiger partial charge in [-0.1, -0.05) is 0 Å². The summed E-state index contributed by atoms with van der Waals surface area (Å²) < 4.78 is 18.8. The number of benzene rings is 1. The van der Waals surface area contributed by atoms with Gasteiger partial charge in [-0.25, -0.2) is 4.39 Å². The van der Waals surface area contributed by atoms with Crippen molar-refractivity contribution in [1.82, 2.24) is 0 Å². The van der Waals surface area contributed by atoms with Gasteiger partial charge in [0.15, 0.2) is 0 Å². The molecule has 1 saturated carbocycles. The van der Waals surface area contributed by atoms with Crippen LogP contribution in [0.3, 0.4) is 0 Å². The third-order valence-corrected chi connectivity index (χ3v) is 3.15. The van der Waals surface area contributed by atoms with E-state index in [4.69, 9.17) is 4.42 Å². The van der Waals surface area contributed by atoms with E-state index >= 15 is 0 Å². The minimum Gasteiger partial charge on any atom is -0.458 e. The molecule has 1 heterocycles. The quantitative estimate of drug-likeness (QED) is 0.842. The molecule has 1 aliphatic carbocycles. The molecule has 0 spiro atoms.